The predicted molar refractivity (Wildman–Crippen MR) is 91.0 cm³/mol. The minimum atomic E-state index is -2.82. The van der Waals surface area contributed by atoms with E-state index in [9.17, 15) is 18.4 Å². The average Bonchev–Trinajstić information content (AvgIpc) is 2.99. The molecule has 1 aliphatic carbocycles. The molecule has 0 unspecified atom stereocenters. The van der Waals surface area contributed by atoms with E-state index < -0.39 is 35.7 Å². The van der Waals surface area contributed by atoms with Gasteiger partial charge in [-0.2, -0.15) is 0 Å². The van der Waals surface area contributed by atoms with Gasteiger partial charge in [-0.3, -0.25) is 9.59 Å². The molecule has 1 saturated carbocycles. The van der Waals surface area contributed by atoms with Crippen LogP contribution in [0.25, 0.3) is 0 Å². The number of benzene rings is 1. The molecule has 0 radical (unpaired) electrons. The topological polar surface area (TPSA) is 80.1 Å². The molecular formula is C18H19F2N5O2. The standard InChI is InChI=1S/C18H19F2N5O2/c1-24-14-12(18(14,19)20)7-8-13(17(24)27)22-16(26)15-21-10-25(23-15)9-11-5-3-2-4-6-11/h2-6,10,12-14H,7-9H2,1H3,(H,22,26)/t12-,13-,14-/m0/s1. The number of aromatic nitrogens is 3. The summed E-state index contributed by atoms with van der Waals surface area (Å²) >= 11 is 0. The van der Waals surface area contributed by atoms with Crippen molar-refractivity contribution in [3.63, 3.8) is 0 Å². The Morgan fingerprint density at radius 2 is 2.04 bits per heavy atom. The van der Waals surface area contributed by atoms with E-state index in [-0.39, 0.29) is 18.7 Å². The van der Waals surface area contributed by atoms with Crippen LogP contribution >= 0.6 is 0 Å². The van der Waals surface area contributed by atoms with Crippen molar-refractivity contribution in [2.75, 3.05) is 7.05 Å². The second-order valence-electron chi connectivity index (χ2n) is 7.03. The highest BCUT2D eigenvalue weighted by molar-refractivity contribution is 5.95. The highest BCUT2D eigenvalue weighted by atomic mass is 19.3. The number of carbonyl (C=O) groups excluding carboxylic acids is 2. The van der Waals surface area contributed by atoms with Crippen LogP contribution in [0.15, 0.2) is 36.7 Å². The summed E-state index contributed by atoms with van der Waals surface area (Å²) in [4.78, 5) is 29.9. The van der Waals surface area contributed by atoms with Crippen molar-refractivity contribution >= 4 is 11.8 Å². The van der Waals surface area contributed by atoms with E-state index in [0.29, 0.717) is 6.54 Å². The van der Waals surface area contributed by atoms with Gasteiger partial charge < -0.3 is 10.2 Å². The lowest BCUT2D eigenvalue weighted by Gasteiger charge is -2.22. The van der Waals surface area contributed by atoms with Crippen LogP contribution in [0.3, 0.4) is 0 Å². The van der Waals surface area contributed by atoms with E-state index in [2.05, 4.69) is 15.4 Å². The Morgan fingerprint density at radius 3 is 2.78 bits per heavy atom. The summed E-state index contributed by atoms with van der Waals surface area (Å²) in [7, 11) is 1.36. The van der Waals surface area contributed by atoms with Crippen LogP contribution in [0.5, 0.6) is 0 Å². The number of alkyl halides is 2. The van der Waals surface area contributed by atoms with Crippen LogP contribution in [-0.2, 0) is 11.3 Å². The molecule has 1 N–H and O–H groups in total. The number of carbonyl (C=O) groups is 2. The summed E-state index contributed by atoms with van der Waals surface area (Å²) in [5.74, 6) is -4.79. The third-order valence-electron chi connectivity index (χ3n) is 5.22. The Balaban J connectivity index is 1.40. The molecule has 2 amide bonds. The van der Waals surface area contributed by atoms with Crippen LogP contribution in [0.1, 0.15) is 29.0 Å². The number of rotatable bonds is 4. The first kappa shape index (κ1) is 17.6. The number of likely N-dealkylation sites (N-methyl/N-ethyl adjacent to an activating group) is 1. The molecule has 1 aromatic carbocycles. The highest BCUT2D eigenvalue weighted by Gasteiger charge is 2.71. The summed E-state index contributed by atoms with van der Waals surface area (Å²) in [6.07, 6.45) is 1.81. The largest absolute Gasteiger partial charge is 0.337 e. The minimum absolute atomic E-state index is 0.0545. The van der Waals surface area contributed by atoms with Crippen LogP contribution < -0.4 is 5.32 Å². The first-order valence-corrected chi connectivity index (χ1v) is 8.76. The fourth-order valence-electron chi connectivity index (χ4n) is 3.71. The molecule has 4 rings (SSSR count). The van der Waals surface area contributed by atoms with Crippen LogP contribution in [-0.4, -0.2) is 56.5 Å². The quantitative estimate of drug-likeness (QED) is 0.874. The molecule has 0 spiro atoms. The predicted octanol–water partition coefficient (Wildman–Crippen LogP) is 1.31. The molecule has 2 fully saturated rings. The Kier molecular flexibility index (Phi) is 4.16. The van der Waals surface area contributed by atoms with E-state index in [4.69, 9.17) is 0 Å². The number of hydrogen-bond acceptors (Lipinski definition) is 4. The smallest absolute Gasteiger partial charge is 0.291 e. The van der Waals surface area contributed by atoms with Gasteiger partial charge in [0.1, 0.15) is 18.4 Å². The Hall–Kier alpha value is -2.84. The van der Waals surface area contributed by atoms with Crippen molar-refractivity contribution in [1.82, 2.24) is 25.0 Å². The van der Waals surface area contributed by atoms with Crippen LogP contribution in [0.2, 0.25) is 0 Å². The van der Waals surface area contributed by atoms with Gasteiger partial charge in [0.15, 0.2) is 0 Å². The van der Waals surface area contributed by atoms with Gasteiger partial charge in [-0.15, -0.1) is 5.10 Å². The Bertz CT molecular complexity index is 870. The molecule has 1 aromatic heterocycles. The molecule has 9 heteroatoms. The lowest BCUT2D eigenvalue weighted by atomic mass is 10.1. The van der Waals surface area contributed by atoms with E-state index in [0.717, 1.165) is 10.5 Å². The van der Waals surface area contributed by atoms with Crippen LogP contribution in [0.4, 0.5) is 8.78 Å². The number of fused-ring (bicyclic) bond motifs is 1. The molecule has 2 heterocycles. The van der Waals surface area contributed by atoms with Gasteiger partial charge in [-0.1, -0.05) is 30.3 Å². The number of nitrogens with one attached hydrogen (secondary N) is 1. The van der Waals surface area contributed by atoms with Crippen molar-refractivity contribution in [3.8, 4) is 0 Å². The third kappa shape index (κ3) is 3.17. The van der Waals surface area contributed by atoms with Crippen molar-refractivity contribution < 1.29 is 18.4 Å². The van der Waals surface area contributed by atoms with Crippen molar-refractivity contribution in [1.29, 1.82) is 0 Å². The Labute approximate surface area is 154 Å². The molecule has 142 valence electrons. The summed E-state index contributed by atoms with van der Waals surface area (Å²) in [6.45, 7) is 0.463. The number of halogens is 2. The minimum Gasteiger partial charge on any atom is -0.337 e. The molecule has 27 heavy (non-hydrogen) atoms. The molecule has 0 bridgehead atoms. The third-order valence-corrected chi connectivity index (χ3v) is 5.22. The van der Waals surface area contributed by atoms with E-state index in [1.165, 1.54) is 18.1 Å². The van der Waals surface area contributed by atoms with Gasteiger partial charge in [0, 0.05) is 7.05 Å². The molecule has 3 atom stereocenters. The zero-order valence-corrected chi connectivity index (χ0v) is 14.7. The van der Waals surface area contributed by atoms with Gasteiger partial charge >= 0.3 is 0 Å². The summed E-state index contributed by atoms with van der Waals surface area (Å²) in [5, 5.41) is 6.72. The number of nitrogens with zero attached hydrogens (tertiary/aromatic N) is 4. The van der Waals surface area contributed by atoms with Gasteiger partial charge in [-0.05, 0) is 18.4 Å². The lowest BCUT2D eigenvalue weighted by Crippen LogP contribution is -2.48. The highest BCUT2D eigenvalue weighted by Crippen LogP contribution is 2.55. The van der Waals surface area contributed by atoms with Gasteiger partial charge in [0.05, 0.1) is 12.5 Å². The average molecular weight is 375 g/mol. The van der Waals surface area contributed by atoms with Crippen molar-refractivity contribution in [3.05, 3.63) is 48.0 Å². The fourth-order valence-corrected chi connectivity index (χ4v) is 3.71. The maximum atomic E-state index is 13.6. The number of hydrogen-bond donors (Lipinski definition) is 1. The van der Waals surface area contributed by atoms with E-state index in [1.807, 2.05) is 30.3 Å². The van der Waals surface area contributed by atoms with E-state index in [1.54, 1.807) is 0 Å². The van der Waals surface area contributed by atoms with Gasteiger partial charge in [-0.25, -0.2) is 18.4 Å². The monoisotopic (exact) mass is 375 g/mol. The second kappa shape index (κ2) is 6.40. The number of amides is 2. The normalized spacial score (nSPS) is 26.3. The van der Waals surface area contributed by atoms with Gasteiger partial charge in [0.2, 0.25) is 11.7 Å². The van der Waals surface area contributed by atoms with Gasteiger partial charge in [0.25, 0.3) is 11.8 Å². The van der Waals surface area contributed by atoms with Crippen molar-refractivity contribution in [2.24, 2.45) is 5.92 Å². The Morgan fingerprint density at radius 1 is 1.30 bits per heavy atom. The SMILES string of the molecule is CN1C(=O)[C@@H](NC(=O)c2ncn(Cc3ccccc3)n2)CC[C@H]2[C@H]1C2(F)F. The van der Waals surface area contributed by atoms with E-state index >= 15 is 0 Å². The molecule has 1 saturated heterocycles. The molecular weight excluding hydrogens is 356 g/mol. The summed E-state index contributed by atoms with van der Waals surface area (Å²) in [5.41, 5.74) is 1.01. The fraction of sp³-hybridized carbons (Fsp3) is 0.444. The number of likely N-dealkylation sites (tertiary alicyclic amines) is 1. The zero-order valence-electron chi connectivity index (χ0n) is 14.7. The molecule has 1 aliphatic heterocycles. The molecule has 7 nitrogen and oxygen atoms in total. The maximum absolute atomic E-state index is 13.6. The lowest BCUT2D eigenvalue weighted by molar-refractivity contribution is -0.133. The maximum Gasteiger partial charge on any atom is 0.291 e. The first-order valence-electron chi connectivity index (χ1n) is 8.76. The van der Waals surface area contributed by atoms with Crippen molar-refractivity contribution in [2.45, 2.75) is 37.4 Å². The second-order valence-corrected chi connectivity index (χ2v) is 7.03. The zero-order chi connectivity index (χ0) is 19.2. The summed E-state index contributed by atoms with van der Waals surface area (Å²) < 4.78 is 28.8. The van der Waals surface area contributed by atoms with Crippen LogP contribution in [0, 0.1) is 5.92 Å². The molecule has 2 aromatic rings. The summed E-state index contributed by atoms with van der Waals surface area (Å²) in [6, 6.07) is 7.68. The first-order chi connectivity index (χ1) is 12.9. The molecule has 2 aliphatic rings.